The summed E-state index contributed by atoms with van der Waals surface area (Å²) < 4.78 is 43.3. The van der Waals surface area contributed by atoms with Gasteiger partial charge < -0.3 is 23.2 Å². The van der Waals surface area contributed by atoms with Crippen molar-refractivity contribution in [2.45, 2.75) is 57.7 Å². The molecule has 3 aromatic rings. The van der Waals surface area contributed by atoms with E-state index >= 15 is 0 Å². The Labute approximate surface area is 244 Å². The Balaban J connectivity index is 1.62. The van der Waals surface area contributed by atoms with Crippen LogP contribution < -0.4 is 10.4 Å². The zero-order valence-electron chi connectivity index (χ0n) is 24.5. The standard InChI is InChI=1S/C32H41O7PSi/c1-6-36-40(5,34)24-35-30-22-28(39-31(33)25-16-10-7-11-17-25)29(38-30)23-37-41(32(2,3)4,26-18-12-8-13-19-26)27-20-14-9-15-21-27/h7-21,28-30H,6,22-24H2,1-5H3/t28-,29-,30-,40?/m0/s1. The van der Waals surface area contributed by atoms with Crippen LogP contribution in [0, 0.1) is 0 Å². The molecule has 1 saturated heterocycles. The van der Waals surface area contributed by atoms with Crippen molar-refractivity contribution < 1.29 is 32.5 Å². The quantitative estimate of drug-likeness (QED) is 0.148. The van der Waals surface area contributed by atoms with Gasteiger partial charge in [0, 0.05) is 13.1 Å². The van der Waals surface area contributed by atoms with Gasteiger partial charge in [-0.1, -0.05) is 99.6 Å². The van der Waals surface area contributed by atoms with E-state index in [0.717, 1.165) is 10.4 Å². The van der Waals surface area contributed by atoms with Crippen molar-refractivity contribution >= 4 is 32.0 Å². The van der Waals surface area contributed by atoms with Gasteiger partial charge in [0.1, 0.15) is 18.6 Å². The number of ether oxygens (including phenoxy) is 3. The second kappa shape index (κ2) is 13.6. The lowest BCUT2D eigenvalue weighted by molar-refractivity contribution is -0.132. The van der Waals surface area contributed by atoms with Crippen molar-refractivity contribution in [1.82, 2.24) is 0 Å². The molecule has 1 aliphatic rings. The maximum atomic E-state index is 13.0. The van der Waals surface area contributed by atoms with Crippen LogP contribution in [0.25, 0.3) is 0 Å². The zero-order chi connectivity index (χ0) is 29.5. The number of hydrogen-bond acceptors (Lipinski definition) is 7. The fraction of sp³-hybridized carbons (Fsp3) is 0.406. The van der Waals surface area contributed by atoms with E-state index in [9.17, 15) is 9.36 Å². The molecule has 1 unspecified atom stereocenters. The molecule has 7 nitrogen and oxygen atoms in total. The van der Waals surface area contributed by atoms with Gasteiger partial charge in [0.25, 0.3) is 8.32 Å². The molecule has 0 N–H and O–H groups in total. The minimum atomic E-state index is -2.94. The number of benzene rings is 3. The molecule has 4 atom stereocenters. The average molecular weight is 597 g/mol. The fourth-order valence-electron chi connectivity index (χ4n) is 5.33. The normalized spacial score (nSPS) is 20.9. The van der Waals surface area contributed by atoms with E-state index in [1.807, 2.05) is 42.5 Å². The lowest BCUT2D eigenvalue weighted by atomic mass is 10.2. The van der Waals surface area contributed by atoms with E-state index in [0.29, 0.717) is 18.6 Å². The number of rotatable bonds is 12. The molecule has 4 rings (SSSR count). The molecular formula is C32H41O7PSi. The third-order valence-corrected chi connectivity index (χ3v) is 13.6. The van der Waals surface area contributed by atoms with Gasteiger partial charge in [0.05, 0.1) is 18.8 Å². The molecular weight excluding hydrogens is 555 g/mol. The molecule has 9 heteroatoms. The average Bonchev–Trinajstić information content (AvgIpc) is 3.34. The molecule has 0 radical (unpaired) electrons. The first kappa shape index (κ1) is 31.4. The van der Waals surface area contributed by atoms with Crippen molar-refractivity contribution in [2.75, 3.05) is 26.2 Å². The van der Waals surface area contributed by atoms with Gasteiger partial charge in [0.2, 0.25) is 7.37 Å². The molecule has 0 bridgehead atoms. The highest BCUT2D eigenvalue weighted by atomic mass is 31.2. The number of carbonyl (C=O) groups is 1. The molecule has 0 spiro atoms. The highest BCUT2D eigenvalue weighted by Crippen LogP contribution is 2.43. The van der Waals surface area contributed by atoms with Crippen LogP contribution in [0.2, 0.25) is 5.04 Å². The Morgan fingerprint density at radius 1 is 0.927 bits per heavy atom. The molecule has 3 aromatic carbocycles. The summed E-state index contributed by atoms with van der Waals surface area (Å²) in [6.45, 7) is 10.5. The predicted molar refractivity (Wildman–Crippen MR) is 164 cm³/mol. The van der Waals surface area contributed by atoms with Gasteiger partial charge in [-0.3, -0.25) is 4.57 Å². The first-order chi connectivity index (χ1) is 19.6. The van der Waals surface area contributed by atoms with Crippen LogP contribution >= 0.6 is 7.37 Å². The maximum absolute atomic E-state index is 13.0. The number of esters is 1. The second-order valence-electron chi connectivity index (χ2n) is 11.4. The molecule has 1 heterocycles. The van der Waals surface area contributed by atoms with Crippen LogP contribution in [-0.4, -0.2) is 59.0 Å². The van der Waals surface area contributed by atoms with Gasteiger partial charge in [-0.25, -0.2) is 4.79 Å². The Bertz CT molecular complexity index is 1260. The van der Waals surface area contributed by atoms with Crippen molar-refractivity contribution in [2.24, 2.45) is 0 Å². The minimum absolute atomic E-state index is 0.0901. The molecule has 0 aliphatic carbocycles. The molecule has 1 fully saturated rings. The Morgan fingerprint density at radius 3 is 1.98 bits per heavy atom. The predicted octanol–water partition coefficient (Wildman–Crippen LogP) is 5.82. The summed E-state index contributed by atoms with van der Waals surface area (Å²) in [4.78, 5) is 13.0. The minimum Gasteiger partial charge on any atom is -0.456 e. The highest BCUT2D eigenvalue weighted by molar-refractivity contribution is 7.57. The maximum Gasteiger partial charge on any atom is 0.338 e. The Hall–Kier alpha value is -2.58. The van der Waals surface area contributed by atoms with Crippen LogP contribution in [0.1, 0.15) is 44.5 Å². The summed E-state index contributed by atoms with van der Waals surface area (Å²) in [5.74, 6) is -0.439. The van der Waals surface area contributed by atoms with E-state index in [1.54, 1.807) is 37.9 Å². The van der Waals surface area contributed by atoms with Gasteiger partial charge in [-0.05, 0) is 34.5 Å². The molecule has 220 valence electrons. The molecule has 0 aromatic heterocycles. The first-order valence-electron chi connectivity index (χ1n) is 14.0. The number of carbonyl (C=O) groups excluding carboxylic acids is 1. The van der Waals surface area contributed by atoms with Crippen molar-refractivity contribution in [3.63, 3.8) is 0 Å². The van der Waals surface area contributed by atoms with E-state index in [4.69, 9.17) is 23.2 Å². The van der Waals surface area contributed by atoms with Gasteiger partial charge in [-0.2, -0.15) is 0 Å². The number of hydrogen-bond donors (Lipinski definition) is 0. The lowest BCUT2D eigenvalue weighted by Gasteiger charge is -2.43. The Kier molecular flexibility index (Phi) is 10.4. The van der Waals surface area contributed by atoms with E-state index in [1.165, 1.54) is 0 Å². The van der Waals surface area contributed by atoms with E-state index in [2.05, 4.69) is 45.0 Å². The summed E-state index contributed by atoms with van der Waals surface area (Å²) in [6.07, 6.45) is -1.72. The van der Waals surface area contributed by atoms with Crippen LogP contribution in [0.4, 0.5) is 0 Å². The van der Waals surface area contributed by atoms with Crippen molar-refractivity contribution in [3.05, 3.63) is 96.6 Å². The SMILES string of the molecule is CCOP(C)(=O)CO[C@@H]1C[C@H](OC(=O)c2ccccc2)[C@H](CO[Si](c2ccccc2)(c2ccccc2)C(C)(C)C)O1. The van der Waals surface area contributed by atoms with Crippen LogP contribution in [0.3, 0.4) is 0 Å². The van der Waals surface area contributed by atoms with Gasteiger partial charge in [0.15, 0.2) is 6.29 Å². The van der Waals surface area contributed by atoms with Crippen LogP contribution in [-0.2, 0) is 27.7 Å². The topological polar surface area (TPSA) is 80.3 Å². The van der Waals surface area contributed by atoms with Crippen molar-refractivity contribution in [1.29, 1.82) is 0 Å². The monoisotopic (exact) mass is 596 g/mol. The molecule has 1 aliphatic heterocycles. The van der Waals surface area contributed by atoms with Crippen molar-refractivity contribution in [3.8, 4) is 0 Å². The van der Waals surface area contributed by atoms with E-state index < -0.39 is 40.2 Å². The van der Waals surface area contributed by atoms with Crippen LogP contribution in [0.5, 0.6) is 0 Å². The molecule has 41 heavy (non-hydrogen) atoms. The fourth-order valence-corrected chi connectivity index (χ4v) is 11.0. The van der Waals surface area contributed by atoms with Gasteiger partial charge in [-0.15, -0.1) is 0 Å². The first-order valence-corrected chi connectivity index (χ1v) is 18.2. The zero-order valence-corrected chi connectivity index (χ0v) is 26.4. The summed E-state index contributed by atoms with van der Waals surface area (Å²) in [6, 6.07) is 29.6. The molecule has 0 amide bonds. The lowest BCUT2D eigenvalue weighted by Crippen LogP contribution is -2.67. The third-order valence-electron chi connectivity index (χ3n) is 7.21. The largest absolute Gasteiger partial charge is 0.456 e. The summed E-state index contributed by atoms with van der Waals surface area (Å²) in [5, 5.41) is 2.06. The smallest absolute Gasteiger partial charge is 0.338 e. The third kappa shape index (κ3) is 7.63. The van der Waals surface area contributed by atoms with Crippen LogP contribution in [0.15, 0.2) is 91.0 Å². The summed E-state index contributed by atoms with van der Waals surface area (Å²) in [7, 11) is -5.80. The molecule has 0 saturated carbocycles. The van der Waals surface area contributed by atoms with E-state index in [-0.39, 0.29) is 18.0 Å². The Morgan fingerprint density at radius 2 is 1.46 bits per heavy atom. The second-order valence-corrected chi connectivity index (χ2v) is 18.2. The highest BCUT2D eigenvalue weighted by Gasteiger charge is 2.51. The summed E-state index contributed by atoms with van der Waals surface area (Å²) in [5.41, 5.74) is 0.456. The van der Waals surface area contributed by atoms with Gasteiger partial charge >= 0.3 is 5.97 Å². The summed E-state index contributed by atoms with van der Waals surface area (Å²) >= 11 is 0.